The van der Waals surface area contributed by atoms with Crippen LogP contribution in [0, 0.1) is 6.92 Å². The predicted octanol–water partition coefficient (Wildman–Crippen LogP) is 3.69. The van der Waals surface area contributed by atoms with Crippen LogP contribution in [0.15, 0.2) is 36.4 Å². The summed E-state index contributed by atoms with van der Waals surface area (Å²) in [5, 5.41) is 41.7. The van der Waals surface area contributed by atoms with Crippen molar-refractivity contribution in [2.75, 3.05) is 32.8 Å². The maximum atomic E-state index is 11.6. The number of hydrogen-bond donors (Lipinski definition) is 5. The number of carbonyl (C=O) groups is 2. The molecule has 236 valence electrons. The van der Waals surface area contributed by atoms with Crippen molar-refractivity contribution in [2.24, 2.45) is 0 Å². The van der Waals surface area contributed by atoms with Crippen molar-refractivity contribution in [3.8, 4) is 16.9 Å². The number of carboxylic acid groups (broad SMARTS) is 2. The molecule has 5 atom stereocenters. The van der Waals surface area contributed by atoms with Crippen LogP contribution in [0.5, 0.6) is 5.75 Å². The third-order valence-corrected chi connectivity index (χ3v) is 9.28. The summed E-state index contributed by atoms with van der Waals surface area (Å²) in [6.07, 6.45) is 1.14. The number of β-amino-alcohol motifs (C(OH)–C–C–N with tert-alkyl or cyclic N) is 1. The molecule has 12 heteroatoms. The van der Waals surface area contributed by atoms with Gasteiger partial charge in [-0.3, -0.25) is 14.9 Å². The number of aliphatic hydroxyl groups is 2. The molecule has 43 heavy (non-hydrogen) atoms. The maximum Gasteiger partial charge on any atom is 0.326 e. The van der Waals surface area contributed by atoms with Crippen molar-refractivity contribution in [2.45, 2.75) is 74.8 Å². The highest BCUT2D eigenvalue weighted by atomic mass is 35.5. The summed E-state index contributed by atoms with van der Waals surface area (Å²) >= 11 is 13.2. The number of rotatable bonds is 15. The smallest absolute Gasteiger partial charge is 0.326 e. The first-order valence-electron chi connectivity index (χ1n) is 14.4. The number of carboxylic acids is 2. The fourth-order valence-corrected chi connectivity index (χ4v) is 6.32. The lowest BCUT2D eigenvalue weighted by Crippen LogP contribution is -2.67. The van der Waals surface area contributed by atoms with Crippen LogP contribution < -0.4 is 10.1 Å². The molecule has 1 aliphatic carbocycles. The lowest BCUT2D eigenvalue weighted by molar-refractivity contribution is -0.148. The van der Waals surface area contributed by atoms with E-state index in [9.17, 15) is 24.9 Å². The van der Waals surface area contributed by atoms with Gasteiger partial charge in [0.05, 0.1) is 54.4 Å². The maximum absolute atomic E-state index is 11.6. The summed E-state index contributed by atoms with van der Waals surface area (Å²) < 4.78 is 12.2. The van der Waals surface area contributed by atoms with Gasteiger partial charge in [0.15, 0.2) is 0 Å². The molecule has 2 aromatic rings. The van der Waals surface area contributed by atoms with Crippen LogP contribution in [0.3, 0.4) is 0 Å². The highest BCUT2D eigenvalue weighted by Gasteiger charge is 2.46. The number of ether oxygens (including phenoxy) is 2. The molecule has 4 rings (SSSR count). The van der Waals surface area contributed by atoms with E-state index in [1.165, 1.54) is 6.92 Å². The predicted molar refractivity (Wildman–Crippen MR) is 163 cm³/mol. The van der Waals surface area contributed by atoms with Gasteiger partial charge in [-0.05, 0) is 55.9 Å². The van der Waals surface area contributed by atoms with Gasteiger partial charge in [-0.2, -0.15) is 0 Å². The molecule has 0 spiro atoms. The number of hydrogen-bond acceptors (Lipinski definition) is 8. The van der Waals surface area contributed by atoms with Crippen molar-refractivity contribution in [1.29, 1.82) is 0 Å². The van der Waals surface area contributed by atoms with E-state index in [0.717, 1.165) is 22.3 Å². The monoisotopic (exact) mass is 638 g/mol. The minimum atomic E-state index is -1.51. The number of alkyl halides is 1. The van der Waals surface area contributed by atoms with Gasteiger partial charge in [0.25, 0.3) is 0 Å². The molecule has 2 fully saturated rings. The Morgan fingerprint density at radius 3 is 2.58 bits per heavy atom. The molecule has 5 N–H and O–H groups in total. The lowest BCUT2D eigenvalue weighted by atomic mass is 9.85. The van der Waals surface area contributed by atoms with E-state index in [-0.39, 0.29) is 17.9 Å². The number of halogens is 2. The first kappa shape index (κ1) is 33.5. The van der Waals surface area contributed by atoms with Crippen LogP contribution in [0.1, 0.15) is 43.7 Å². The highest BCUT2D eigenvalue weighted by molar-refractivity contribution is 6.34. The molecule has 1 aliphatic heterocycles. The van der Waals surface area contributed by atoms with Crippen LogP contribution in [-0.4, -0.2) is 98.8 Å². The zero-order valence-electron chi connectivity index (χ0n) is 24.4. The van der Waals surface area contributed by atoms with Crippen LogP contribution in [-0.2, 0) is 20.9 Å². The molecule has 1 saturated heterocycles. The molecule has 0 aromatic heterocycles. The normalized spacial score (nSPS) is 25.2. The summed E-state index contributed by atoms with van der Waals surface area (Å²) in [6, 6.07) is 11.1. The van der Waals surface area contributed by atoms with Gasteiger partial charge in [-0.15, -0.1) is 11.6 Å². The van der Waals surface area contributed by atoms with E-state index in [4.69, 9.17) is 37.8 Å². The minimum Gasteiger partial charge on any atom is -0.492 e. The molecule has 3 unspecified atom stereocenters. The summed E-state index contributed by atoms with van der Waals surface area (Å²) in [6.45, 7) is 5.21. The van der Waals surface area contributed by atoms with Crippen molar-refractivity contribution >= 4 is 35.1 Å². The minimum absolute atomic E-state index is 0.252. The van der Waals surface area contributed by atoms with E-state index in [2.05, 4.69) is 5.32 Å². The van der Waals surface area contributed by atoms with Gasteiger partial charge in [0.1, 0.15) is 11.3 Å². The van der Waals surface area contributed by atoms with Crippen LogP contribution >= 0.6 is 23.2 Å². The van der Waals surface area contributed by atoms with Crippen molar-refractivity contribution in [3.05, 3.63) is 52.5 Å². The Kier molecular flexibility index (Phi) is 11.0. The second-order valence-corrected chi connectivity index (χ2v) is 12.7. The molecule has 0 amide bonds. The van der Waals surface area contributed by atoms with Crippen molar-refractivity contribution in [1.82, 2.24) is 10.2 Å². The Labute approximate surface area is 261 Å². The summed E-state index contributed by atoms with van der Waals surface area (Å²) in [5.41, 5.74) is 1.01. The van der Waals surface area contributed by atoms with Crippen molar-refractivity contribution in [3.63, 3.8) is 0 Å². The fraction of sp³-hybridized carbons (Fsp3) is 0.548. The quantitative estimate of drug-likeness (QED) is 0.144. The van der Waals surface area contributed by atoms with Crippen LogP contribution in [0.4, 0.5) is 0 Å². The molecule has 0 bridgehead atoms. The molecular weight excluding hydrogens is 599 g/mol. The number of likely N-dealkylation sites (tertiary alicyclic amines) is 1. The van der Waals surface area contributed by atoms with E-state index >= 15 is 0 Å². The summed E-state index contributed by atoms with van der Waals surface area (Å²) in [7, 11) is 0. The zero-order chi connectivity index (χ0) is 31.4. The number of aliphatic hydroxyl groups excluding tert-OH is 1. The first-order chi connectivity index (χ1) is 20.4. The van der Waals surface area contributed by atoms with E-state index in [1.807, 2.05) is 48.2 Å². The molecule has 2 aliphatic rings. The molecule has 0 radical (unpaired) electrons. The first-order valence-corrected chi connectivity index (χ1v) is 15.2. The number of nitrogens with one attached hydrogen (secondary N) is 1. The van der Waals surface area contributed by atoms with Crippen LogP contribution in [0.2, 0.25) is 5.02 Å². The summed E-state index contributed by atoms with van der Waals surface area (Å²) in [5.74, 6) is -1.59. The largest absolute Gasteiger partial charge is 0.492 e. The third-order valence-electron chi connectivity index (χ3n) is 8.44. The standard InChI is InChI=1S/C31H40Cl2N2O8/c1-19-20(16-43-25-14-23(32)28(25)34-30(2,18-36)29(39)40)6-3-7-21(19)22-8-4-9-24(27(22)33)42-13-5-11-35-12-10-31(41,17-35)15-26(37)38/h3-4,6-9,23,25,28,34,36,41H,5,10-18H2,1-2H3,(H,37,38)(H,39,40)/t23?,25-,28?,30+,31?/m1/s1. The topological polar surface area (TPSA) is 149 Å². The van der Waals surface area contributed by atoms with Gasteiger partial charge in [-0.25, -0.2) is 0 Å². The molecule has 2 aromatic carbocycles. The Bertz CT molecular complexity index is 1310. The molecular formula is C31H40Cl2N2O8. The SMILES string of the molecule is Cc1c(CO[C@@H]2CC(Cl)C2N[C@@](C)(CO)C(=O)O)cccc1-c1cccc(OCCCN2CCC(O)(CC(=O)O)C2)c1Cl. The Morgan fingerprint density at radius 2 is 1.91 bits per heavy atom. The lowest BCUT2D eigenvalue weighted by Gasteiger charge is -2.45. The van der Waals surface area contributed by atoms with E-state index < -0.39 is 35.7 Å². The second-order valence-electron chi connectivity index (χ2n) is 11.8. The van der Waals surface area contributed by atoms with E-state index in [0.29, 0.717) is 62.9 Å². The van der Waals surface area contributed by atoms with Gasteiger partial charge in [0.2, 0.25) is 0 Å². The average Bonchev–Trinajstić information content (AvgIpc) is 3.32. The van der Waals surface area contributed by atoms with Crippen molar-refractivity contribution < 1.29 is 39.5 Å². The van der Waals surface area contributed by atoms with E-state index in [1.54, 1.807) is 0 Å². The number of aliphatic carboxylic acids is 2. The summed E-state index contributed by atoms with van der Waals surface area (Å²) in [4.78, 5) is 24.7. The Morgan fingerprint density at radius 1 is 1.19 bits per heavy atom. The third kappa shape index (κ3) is 7.99. The molecule has 10 nitrogen and oxygen atoms in total. The fourth-order valence-electron chi connectivity index (χ4n) is 5.64. The average molecular weight is 640 g/mol. The molecule has 1 saturated carbocycles. The van der Waals surface area contributed by atoms with Gasteiger partial charge in [0, 0.05) is 25.2 Å². The molecule has 1 heterocycles. The Hall–Kier alpha value is -2.44. The van der Waals surface area contributed by atoms with Gasteiger partial charge >= 0.3 is 11.9 Å². The zero-order valence-corrected chi connectivity index (χ0v) is 25.9. The van der Waals surface area contributed by atoms with Crippen LogP contribution in [0.25, 0.3) is 11.1 Å². The highest BCUT2D eigenvalue weighted by Crippen LogP contribution is 2.38. The second kappa shape index (κ2) is 14.1. The van der Waals surface area contributed by atoms with Gasteiger partial charge in [-0.1, -0.05) is 41.9 Å². The Balaban J connectivity index is 1.34. The number of nitrogens with zero attached hydrogens (tertiary/aromatic N) is 1. The van der Waals surface area contributed by atoms with Gasteiger partial charge < -0.3 is 34.8 Å². The number of benzene rings is 2.